The number of carbonyl (C=O) groups excluding carboxylic acids is 2. The maximum atomic E-state index is 12.9. The second kappa shape index (κ2) is 9.17. The van der Waals surface area contributed by atoms with Crippen molar-refractivity contribution in [3.63, 3.8) is 0 Å². The molecule has 0 N–H and O–H groups in total. The first-order chi connectivity index (χ1) is 13.4. The number of benzene rings is 1. The summed E-state index contributed by atoms with van der Waals surface area (Å²) in [6.07, 6.45) is 6.63. The number of hydrogen-bond donors (Lipinski definition) is 0. The van der Waals surface area contributed by atoms with Crippen molar-refractivity contribution in [2.24, 2.45) is 0 Å². The molecule has 3 rings (SSSR count). The zero-order chi connectivity index (χ0) is 20.0. The Morgan fingerprint density at radius 2 is 1.36 bits per heavy atom. The molecule has 0 aromatic heterocycles. The molecule has 0 radical (unpaired) electrons. The Morgan fingerprint density at radius 3 is 1.79 bits per heavy atom. The standard InChI is InChI=1S/C20H28O6Si2/c21-17(25-19(27)10-4-6-12-23-19)16(14-15-8-2-1-3-9-15)18(22)26-20(28)11-5-7-13-24-20/h1-3,8-9,14H,4-7,10-13H2,27-28H3. The lowest BCUT2D eigenvalue weighted by molar-refractivity contribution is -0.208. The molecule has 2 aliphatic rings. The van der Waals surface area contributed by atoms with Crippen molar-refractivity contribution in [3.05, 3.63) is 41.5 Å². The number of rotatable bonds is 5. The molecule has 1 aromatic rings. The first-order valence-electron chi connectivity index (χ1n) is 9.91. The van der Waals surface area contributed by atoms with E-state index in [1.165, 1.54) is 6.08 Å². The minimum atomic E-state index is -0.884. The molecule has 0 bridgehead atoms. The molecule has 0 aliphatic carbocycles. The highest BCUT2D eigenvalue weighted by Gasteiger charge is 2.38. The maximum Gasteiger partial charge on any atom is 0.347 e. The predicted molar refractivity (Wildman–Crippen MR) is 112 cm³/mol. The molecule has 2 aliphatic heterocycles. The normalized spacial score (nSPS) is 27.7. The minimum Gasteiger partial charge on any atom is -0.435 e. The van der Waals surface area contributed by atoms with Crippen LogP contribution < -0.4 is 0 Å². The van der Waals surface area contributed by atoms with E-state index in [2.05, 4.69) is 0 Å². The van der Waals surface area contributed by atoms with Gasteiger partial charge in [0, 0.05) is 12.8 Å². The van der Waals surface area contributed by atoms with Crippen LogP contribution in [0.25, 0.3) is 6.08 Å². The largest absolute Gasteiger partial charge is 0.435 e. The van der Waals surface area contributed by atoms with Crippen LogP contribution in [0.15, 0.2) is 35.9 Å². The van der Waals surface area contributed by atoms with Gasteiger partial charge in [-0.05, 0) is 37.3 Å². The molecule has 28 heavy (non-hydrogen) atoms. The van der Waals surface area contributed by atoms with Gasteiger partial charge in [-0.15, -0.1) is 0 Å². The molecule has 2 fully saturated rings. The Balaban J connectivity index is 1.81. The van der Waals surface area contributed by atoms with Gasteiger partial charge in [0.15, 0.2) is 10.8 Å². The Bertz CT molecular complexity index is 681. The molecule has 0 saturated carbocycles. The Hall–Kier alpha value is -1.75. The van der Waals surface area contributed by atoms with Crippen molar-refractivity contribution < 1.29 is 28.5 Å². The number of ether oxygens (including phenoxy) is 4. The van der Waals surface area contributed by atoms with E-state index in [4.69, 9.17) is 18.9 Å². The van der Waals surface area contributed by atoms with Crippen LogP contribution in [0, 0.1) is 0 Å². The van der Waals surface area contributed by atoms with E-state index >= 15 is 0 Å². The lowest BCUT2D eigenvalue weighted by atomic mass is 10.1. The highest BCUT2D eigenvalue weighted by molar-refractivity contribution is 6.21. The van der Waals surface area contributed by atoms with Gasteiger partial charge < -0.3 is 18.9 Å². The first kappa shape index (κ1) is 21.0. The minimum absolute atomic E-state index is 0.125. The van der Waals surface area contributed by atoms with Crippen LogP contribution in [-0.2, 0) is 28.5 Å². The summed E-state index contributed by atoms with van der Waals surface area (Å²) in [6.45, 7) is 1.13. The van der Waals surface area contributed by atoms with E-state index < -0.39 is 22.8 Å². The molecule has 0 amide bonds. The van der Waals surface area contributed by atoms with Gasteiger partial charge in [0.05, 0.1) is 33.7 Å². The molecular formula is C20H28O6Si2. The second-order valence-electron chi connectivity index (χ2n) is 7.63. The number of hydrogen-bond acceptors (Lipinski definition) is 6. The predicted octanol–water partition coefficient (Wildman–Crippen LogP) is 0.596. The van der Waals surface area contributed by atoms with Gasteiger partial charge in [-0.2, -0.15) is 0 Å². The summed E-state index contributed by atoms with van der Waals surface area (Å²) in [5.41, 5.74) is -1.16. The van der Waals surface area contributed by atoms with Crippen LogP contribution in [0.1, 0.15) is 44.1 Å². The Kier molecular flexibility index (Phi) is 6.87. The van der Waals surface area contributed by atoms with Crippen LogP contribution in [0.5, 0.6) is 0 Å². The van der Waals surface area contributed by atoms with Crippen LogP contribution in [0.2, 0.25) is 0 Å². The van der Waals surface area contributed by atoms with E-state index in [9.17, 15) is 9.59 Å². The fourth-order valence-corrected chi connectivity index (χ4v) is 4.88. The van der Waals surface area contributed by atoms with E-state index in [0.717, 1.165) is 31.2 Å². The van der Waals surface area contributed by atoms with Crippen molar-refractivity contribution in [1.82, 2.24) is 0 Å². The summed E-state index contributed by atoms with van der Waals surface area (Å²) in [7, 11) is 1.07. The third-order valence-corrected chi connectivity index (χ3v) is 7.02. The highest BCUT2D eigenvalue weighted by Crippen LogP contribution is 2.27. The van der Waals surface area contributed by atoms with Gasteiger partial charge in [-0.25, -0.2) is 9.59 Å². The quantitative estimate of drug-likeness (QED) is 0.228. The number of carbonyl (C=O) groups is 2. The van der Waals surface area contributed by atoms with Crippen molar-refractivity contribution in [2.75, 3.05) is 13.2 Å². The highest BCUT2D eigenvalue weighted by atomic mass is 28.2. The Morgan fingerprint density at radius 1 is 0.857 bits per heavy atom. The van der Waals surface area contributed by atoms with Crippen LogP contribution >= 0.6 is 0 Å². The topological polar surface area (TPSA) is 71.1 Å². The van der Waals surface area contributed by atoms with E-state index in [1.807, 2.05) is 30.3 Å². The zero-order valence-electron chi connectivity index (χ0n) is 16.6. The van der Waals surface area contributed by atoms with E-state index in [1.54, 1.807) is 0 Å². The summed E-state index contributed by atoms with van der Waals surface area (Å²) in [5.74, 6) is -1.40. The number of esters is 2. The van der Waals surface area contributed by atoms with Crippen molar-refractivity contribution >= 4 is 38.5 Å². The molecule has 2 unspecified atom stereocenters. The summed E-state index contributed by atoms with van der Waals surface area (Å²) in [6, 6.07) is 9.20. The molecule has 152 valence electrons. The summed E-state index contributed by atoms with van der Waals surface area (Å²) < 4.78 is 22.7. The fourth-order valence-electron chi connectivity index (χ4n) is 3.40. The van der Waals surface area contributed by atoms with Gasteiger partial charge in [-0.1, -0.05) is 30.3 Å². The molecule has 1 aromatic carbocycles. The molecular weight excluding hydrogens is 392 g/mol. The fraction of sp³-hybridized carbons (Fsp3) is 0.500. The van der Waals surface area contributed by atoms with Crippen molar-refractivity contribution in [3.8, 4) is 0 Å². The summed E-state index contributed by atoms with van der Waals surface area (Å²) in [4.78, 5) is 25.9. The molecule has 2 atom stereocenters. The molecule has 2 saturated heterocycles. The zero-order valence-corrected chi connectivity index (χ0v) is 20.6. The lowest BCUT2D eigenvalue weighted by Gasteiger charge is -2.35. The molecule has 0 spiro atoms. The van der Waals surface area contributed by atoms with Crippen LogP contribution in [0.3, 0.4) is 0 Å². The maximum absolute atomic E-state index is 12.9. The summed E-state index contributed by atoms with van der Waals surface area (Å²) >= 11 is 0. The van der Waals surface area contributed by atoms with Gasteiger partial charge in [-0.3, -0.25) is 0 Å². The Labute approximate surface area is 171 Å². The van der Waals surface area contributed by atoms with Gasteiger partial charge in [0.1, 0.15) is 5.57 Å². The third-order valence-electron chi connectivity index (χ3n) is 5.03. The average Bonchev–Trinajstić information content (AvgIpc) is 2.67. The molecule has 6 nitrogen and oxygen atoms in total. The van der Waals surface area contributed by atoms with Crippen LogP contribution in [-0.4, -0.2) is 56.5 Å². The van der Waals surface area contributed by atoms with Crippen LogP contribution in [0.4, 0.5) is 0 Å². The van der Waals surface area contributed by atoms with Crippen molar-refractivity contribution in [2.45, 2.75) is 49.3 Å². The summed E-state index contributed by atoms with van der Waals surface area (Å²) in [5, 5.41) is 0. The third kappa shape index (κ3) is 5.63. The molecule has 8 heteroatoms. The van der Waals surface area contributed by atoms with Gasteiger partial charge >= 0.3 is 11.9 Å². The van der Waals surface area contributed by atoms with Gasteiger partial charge in [0.2, 0.25) is 0 Å². The SMILES string of the molecule is O=C(OC1([SiH3])CCCCO1)C(=Cc1ccccc1)C(=O)OC1([SiH3])CCCCO1. The van der Waals surface area contributed by atoms with Crippen molar-refractivity contribution in [1.29, 1.82) is 0 Å². The molecule has 2 heterocycles. The first-order valence-corrected chi connectivity index (χ1v) is 11.9. The lowest BCUT2D eigenvalue weighted by Crippen LogP contribution is -2.44. The average molecular weight is 421 g/mol. The second-order valence-corrected chi connectivity index (χ2v) is 10.7. The van der Waals surface area contributed by atoms with Gasteiger partial charge in [0.25, 0.3) is 0 Å². The van der Waals surface area contributed by atoms with E-state index in [0.29, 0.717) is 46.5 Å². The monoisotopic (exact) mass is 420 g/mol. The van der Waals surface area contributed by atoms with E-state index in [-0.39, 0.29) is 5.57 Å². The smallest absolute Gasteiger partial charge is 0.347 e.